The molecule has 2 amide bonds. The van der Waals surface area contributed by atoms with Crippen molar-refractivity contribution in [2.75, 3.05) is 12.8 Å². The molecule has 0 saturated heterocycles. The fourth-order valence-electron chi connectivity index (χ4n) is 1.74. The number of allylic oxidation sites excluding steroid dienone is 1. The zero-order valence-corrected chi connectivity index (χ0v) is 11.7. The van der Waals surface area contributed by atoms with E-state index in [0.29, 0.717) is 10.6 Å². The molecule has 0 spiro atoms. The molecule has 0 aliphatic carbocycles. The van der Waals surface area contributed by atoms with E-state index in [9.17, 15) is 14.9 Å². The summed E-state index contributed by atoms with van der Waals surface area (Å²) in [5.74, 6) is -1.45. The van der Waals surface area contributed by atoms with Gasteiger partial charge in [0.15, 0.2) is 0 Å². The summed E-state index contributed by atoms with van der Waals surface area (Å²) in [6.45, 7) is 3.36. The quantitative estimate of drug-likeness (QED) is 0.781. The zero-order valence-electron chi connectivity index (χ0n) is 10.9. The summed E-state index contributed by atoms with van der Waals surface area (Å²) in [6, 6.07) is 3.95. The van der Waals surface area contributed by atoms with Crippen molar-refractivity contribution in [1.29, 1.82) is 10.5 Å². The van der Waals surface area contributed by atoms with E-state index in [1.807, 2.05) is 12.1 Å². The van der Waals surface area contributed by atoms with Gasteiger partial charge in [-0.1, -0.05) is 25.6 Å². The number of hydrogen-bond acceptors (Lipinski definition) is 5. The minimum atomic E-state index is -0.911. The molecular formula is C12H14N4O2S. The third-order valence-corrected chi connectivity index (χ3v) is 3.96. The Bertz CT molecular complexity index is 525. The van der Waals surface area contributed by atoms with Gasteiger partial charge in [-0.3, -0.25) is 9.59 Å². The van der Waals surface area contributed by atoms with Crippen LogP contribution in [0.3, 0.4) is 0 Å². The Morgan fingerprint density at radius 3 is 2.63 bits per heavy atom. The van der Waals surface area contributed by atoms with E-state index in [-0.39, 0.29) is 11.7 Å². The standard InChI is InChI=1S/C12H14N4O2S/c1-12(2)7(4-13)10(18)16-11(8(12)5-14)19-6-9(17)15-3/h7H,6H2,1-3H3,(H,15,17)(H,16,18)/t7-/m0/s1. The number of carbonyl (C=O) groups excluding carboxylic acids is 2. The Kier molecular flexibility index (Phi) is 4.57. The van der Waals surface area contributed by atoms with E-state index >= 15 is 0 Å². The predicted molar refractivity (Wildman–Crippen MR) is 70.2 cm³/mol. The Morgan fingerprint density at radius 1 is 1.53 bits per heavy atom. The van der Waals surface area contributed by atoms with Crippen LogP contribution in [-0.2, 0) is 9.59 Å². The molecule has 1 rings (SSSR count). The monoisotopic (exact) mass is 278 g/mol. The molecule has 1 atom stereocenters. The SMILES string of the molecule is CNC(=O)CSC1=C(C#N)C(C)(C)[C@@H](C#N)C(=O)N1. The van der Waals surface area contributed by atoms with Crippen LogP contribution in [0.4, 0.5) is 0 Å². The van der Waals surface area contributed by atoms with E-state index in [1.165, 1.54) is 7.05 Å². The molecule has 0 bridgehead atoms. The van der Waals surface area contributed by atoms with Gasteiger partial charge < -0.3 is 10.6 Å². The average Bonchev–Trinajstić information content (AvgIpc) is 2.35. The van der Waals surface area contributed by atoms with E-state index in [0.717, 1.165) is 11.8 Å². The number of nitrogens with one attached hydrogen (secondary N) is 2. The molecule has 0 aromatic carbocycles. The summed E-state index contributed by atoms with van der Waals surface area (Å²) in [5, 5.41) is 23.6. The molecule has 1 heterocycles. The molecule has 0 aromatic heterocycles. The molecule has 0 unspecified atom stereocenters. The number of rotatable bonds is 3. The minimum absolute atomic E-state index is 0.102. The first kappa shape index (κ1) is 15.1. The number of carbonyl (C=O) groups is 2. The van der Waals surface area contributed by atoms with Crippen LogP contribution in [0.25, 0.3) is 0 Å². The highest BCUT2D eigenvalue weighted by Crippen LogP contribution is 2.41. The maximum absolute atomic E-state index is 11.8. The summed E-state index contributed by atoms with van der Waals surface area (Å²) in [5.41, 5.74) is -0.538. The Morgan fingerprint density at radius 2 is 2.16 bits per heavy atom. The molecular weight excluding hydrogens is 264 g/mol. The van der Waals surface area contributed by atoms with Crippen LogP contribution in [0, 0.1) is 34.0 Å². The Hall–Kier alpha value is -1.99. The van der Waals surface area contributed by atoms with Crippen molar-refractivity contribution < 1.29 is 9.59 Å². The van der Waals surface area contributed by atoms with E-state index in [1.54, 1.807) is 13.8 Å². The van der Waals surface area contributed by atoms with Crippen LogP contribution in [0.5, 0.6) is 0 Å². The highest BCUT2D eigenvalue weighted by molar-refractivity contribution is 8.03. The minimum Gasteiger partial charge on any atom is -0.358 e. The van der Waals surface area contributed by atoms with Crippen molar-refractivity contribution in [1.82, 2.24) is 10.6 Å². The van der Waals surface area contributed by atoms with Crippen LogP contribution < -0.4 is 10.6 Å². The lowest BCUT2D eigenvalue weighted by molar-refractivity contribution is -0.125. The van der Waals surface area contributed by atoms with E-state index in [2.05, 4.69) is 10.6 Å². The number of thioether (sulfide) groups is 1. The largest absolute Gasteiger partial charge is 0.358 e. The molecule has 19 heavy (non-hydrogen) atoms. The lowest BCUT2D eigenvalue weighted by atomic mass is 9.72. The van der Waals surface area contributed by atoms with Gasteiger partial charge in [0.2, 0.25) is 11.8 Å². The average molecular weight is 278 g/mol. The first-order chi connectivity index (χ1) is 8.88. The molecule has 0 radical (unpaired) electrons. The summed E-state index contributed by atoms with van der Waals surface area (Å²) in [4.78, 5) is 23.0. The van der Waals surface area contributed by atoms with Gasteiger partial charge >= 0.3 is 0 Å². The summed E-state index contributed by atoms with van der Waals surface area (Å²) in [7, 11) is 1.51. The second kappa shape index (κ2) is 5.77. The molecule has 0 saturated carbocycles. The maximum atomic E-state index is 11.8. The second-order valence-corrected chi connectivity index (χ2v) is 5.54. The van der Waals surface area contributed by atoms with Crippen LogP contribution in [-0.4, -0.2) is 24.6 Å². The Labute approximate surface area is 115 Å². The molecule has 0 aromatic rings. The third kappa shape index (κ3) is 2.88. The molecule has 100 valence electrons. The number of nitriles is 2. The summed E-state index contributed by atoms with van der Waals surface area (Å²) < 4.78 is 0. The molecule has 0 fully saturated rings. The number of hydrogen-bond donors (Lipinski definition) is 2. The second-order valence-electron chi connectivity index (χ2n) is 4.55. The van der Waals surface area contributed by atoms with Gasteiger partial charge in [-0.25, -0.2) is 0 Å². The maximum Gasteiger partial charge on any atom is 0.243 e. The molecule has 6 nitrogen and oxygen atoms in total. The van der Waals surface area contributed by atoms with Crippen molar-refractivity contribution in [2.24, 2.45) is 11.3 Å². The molecule has 1 aliphatic rings. The van der Waals surface area contributed by atoms with Gasteiger partial charge in [0, 0.05) is 12.5 Å². The van der Waals surface area contributed by atoms with Crippen molar-refractivity contribution in [3.63, 3.8) is 0 Å². The fourth-order valence-corrected chi connectivity index (χ4v) is 2.79. The lowest BCUT2D eigenvalue weighted by Crippen LogP contribution is -2.44. The number of amides is 2. The summed E-state index contributed by atoms with van der Waals surface area (Å²) in [6.07, 6.45) is 0. The fraction of sp³-hybridized carbons (Fsp3) is 0.500. The highest BCUT2D eigenvalue weighted by atomic mass is 32.2. The van der Waals surface area contributed by atoms with Crippen molar-refractivity contribution in [2.45, 2.75) is 13.8 Å². The molecule has 2 N–H and O–H groups in total. The third-order valence-electron chi connectivity index (χ3n) is 2.96. The van der Waals surface area contributed by atoms with Crippen LogP contribution in [0.2, 0.25) is 0 Å². The first-order valence-corrected chi connectivity index (χ1v) is 6.55. The van der Waals surface area contributed by atoms with Crippen LogP contribution >= 0.6 is 11.8 Å². The molecule has 1 aliphatic heterocycles. The normalized spacial score (nSPS) is 21.1. The van der Waals surface area contributed by atoms with Gasteiger partial charge in [-0.15, -0.1) is 0 Å². The molecule has 7 heteroatoms. The zero-order chi connectivity index (χ0) is 14.6. The van der Waals surface area contributed by atoms with Crippen LogP contribution in [0.1, 0.15) is 13.8 Å². The van der Waals surface area contributed by atoms with Crippen molar-refractivity contribution >= 4 is 23.6 Å². The van der Waals surface area contributed by atoms with E-state index in [4.69, 9.17) is 5.26 Å². The predicted octanol–water partition coefficient (Wildman–Crippen LogP) is 0.497. The first-order valence-electron chi connectivity index (χ1n) is 5.57. The number of nitrogens with zero attached hydrogens (tertiary/aromatic N) is 2. The Balaban J connectivity index is 3.11. The van der Waals surface area contributed by atoms with Gasteiger partial charge in [-0.2, -0.15) is 10.5 Å². The lowest BCUT2D eigenvalue weighted by Gasteiger charge is -2.34. The van der Waals surface area contributed by atoms with Gasteiger partial charge in [0.05, 0.1) is 28.5 Å². The van der Waals surface area contributed by atoms with Crippen molar-refractivity contribution in [3.05, 3.63) is 10.6 Å². The highest BCUT2D eigenvalue weighted by Gasteiger charge is 2.44. The van der Waals surface area contributed by atoms with Gasteiger partial charge in [0.25, 0.3) is 0 Å². The van der Waals surface area contributed by atoms with Gasteiger partial charge in [-0.05, 0) is 0 Å². The van der Waals surface area contributed by atoms with Gasteiger partial charge in [0.1, 0.15) is 5.92 Å². The topological polar surface area (TPSA) is 106 Å². The summed E-state index contributed by atoms with van der Waals surface area (Å²) >= 11 is 1.09. The van der Waals surface area contributed by atoms with Crippen molar-refractivity contribution in [3.8, 4) is 12.1 Å². The smallest absolute Gasteiger partial charge is 0.243 e. The van der Waals surface area contributed by atoms with Crippen LogP contribution in [0.15, 0.2) is 10.6 Å². The van der Waals surface area contributed by atoms with E-state index < -0.39 is 17.2 Å².